The Hall–Kier alpha value is -2.62. The Labute approximate surface area is 160 Å². The van der Waals surface area contributed by atoms with Crippen molar-refractivity contribution < 1.29 is 4.79 Å². The molecular formula is C23H27N3O. The molecule has 27 heavy (non-hydrogen) atoms. The van der Waals surface area contributed by atoms with Gasteiger partial charge in [-0.3, -0.25) is 4.79 Å². The zero-order valence-corrected chi connectivity index (χ0v) is 16.6. The van der Waals surface area contributed by atoms with Gasteiger partial charge in [-0.1, -0.05) is 32.0 Å². The molecule has 4 nitrogen and oxygen atoms in total. The number of carbonyl (C=O) groups excluding carboxylic acids is 1. The van der Waals surface area contributed by atoms with Gasteiger partial charge in [0.05, 0.1) is 11.0 Å². The maximum absolute atomic E-state index is 12.8. The van der Waals surface area contributed by atoms with Gasteiger partial charge in [0.15, 0.2) is 0 Å². The standard InChI is InChI=1S/C23H27N3O/c1-15(2)13-26-21-8-6-5-7-20(21)24-23(26)18-12-22(27)25(14-18)19-10-9-16(3)17(4)11-19/h5-11,15,18H,12-14H2,1-4H3/t18-/m0/s1. The first-order chi connectivity index (χ1) is 12.9. The molecule has 0 unspecified atom stereocenters. The summed E-state index contributed by atoms with van der Waals surface area (Å²) in [5.74, 6) is 1.88. The molecule has 0 bridgehead atoms. The van der Waals surface area contributed by atoms with Crippen molar-refractivity contribution in [2.75, 3.05) is 11.4 Å². The van der Waals surface area contributed by atoms with Gasteiger partial charge in [-0.15, -0.1) is 0 Å². The van der Waals surface area contributed by atoms with Gasteiger partial charge in [0, 0.05) is 31.1 Å². The van der Waals surface area contributed by atoms with Crippen LogP contribution in [0.4, 0.5) is 5.69 Å². The van der Waals surface area contributed by atoms with Crippen molar-refractivity contribution in [3.05, 3.63) is 59.4 Å². The zero-order chi connectivity index (χ0) is 19.1. The van der Waals surface area contributed by atoms with Crippen molar-refractivity contribution in [2.24, 2.45) is 5.92 Å². The predicted molar refractivity (Wildman–Crippen MR) is 110 cm³/mol. The van der Waals surface area contributed by atoms with E-state index < -0.39 is 0 Å². The van der Waals surface area contributed by atoms with E-state index >= 15 is 0 Å². The number of para-hydroxylation sites is 2. The average molecular weight is 361 g/mol. The number of hydrogen-bond donors (Lipinski definition) is 0. The lowest BCUT2D eigenvalue weighted by Gasteiger charge is -2.19. The Balaban J connectivity index is 1.70. The van der Waals surface area contributed by atoms with Gasteiger partial charge in [-0.25, -0.2) is 4.98 Å². The van der Waals surface area contributed by atoms with E-state index in [9.17, 15) is 4.79 Å². The highest BCUT2D eigenvalue weighted by Gasteiger charge is 2.35. The van der Waals surface area contributed by atoms with Gasteiger partial charge in [0.25, 0.3) is 0 Å². The number of anilines is 1. The smallest absolute Gasteiger partial charge is 0.227 e. The molecule has 0 aliphatic carbocycles. The molecule has 1 saturated heterocycles. The minimum Gasteiger partial charge on any atom is -0.327 e. The predicted octanol–water partition coefficient (Wildman–Crippen LogP) is 4.83. The first-order valence-corrected chi connectivity index (χ1v) is 9.77. The number of fused-ring (bicyclic) bond motifs is 1. The highest BCUT2D eigenvalue weighted by atomic mass is 16.2. The van der Waals surface area contributed by atoms with Crippen LogP contribution in [0.25, 0.3) is 11.0 Å². The average Bonchev–Trinajstić information content (AvgIpc) is 3.18. The lowest BCUT2D eigenvalue weighted by atomic mass is 10.1. The van der Waals surface area contributed by atoms with Gasteiger partial charge in [0.2, 0.25) is 5.91 Å². The third kappa shape index (κ3) is 3.25. The van der Waals surface area contributed by atoms with Crippen molar-refractivity contribution in [1.82, 2.24) is 9.55 Å². The van der Waals surface area contributed by atoms with Crippen molar-refractivity contribution in [1.29, 1.82) is 0 Å². The van der Waals surface area contributed by atoms with E-state index in [1.54, 1.807) is 0 Å². The number of aromatic nitrogens is 2. The minimum absolute atomic E-state index is 0.130. The monoisotopic (exact) mass is 361 g/mol. The Morgan fingerprint density at radius 2 is 1.89 bits per heavy atom. The van der Waals surface area contributed by atoms with Crippen LogP contribution in [0.15, 0.2) is 42.5 Å². The lowest BCUT2D eigenvalue weighted by molar-refractivity contribution is -0.117. The summed E-state index contributed by atoms with van der Waals surface area (Å²) < 4.78 is 2.32. The summed E-state index contributed by atoms with van der Waals surface area (Å²) in [5, 5.41) is 0. The number of aryl methyl sites for hydroxylation is 2. The van der Waals surface area contributed by atoms with Crippen molar-refractivity contribution >= 4 is 22.6 Å². The number of hydrogen-bond acceptors (Lipinski definition) is 2. The van der Waals surface area contributed by atoms with E-state index in [0.717, 1.165) is 23.6 Å². The molecule has 2 heterocycles. The highest BCUT2D eigenvalue weighted by molar-refractivity contribution is 5.96. The summed E-state index contributed by atoms with van der Waals surface area (Å²) in [4.78, 5) is 19.6. The van der Waals surface area contributed by atoms with Crippen molar-refractivity contribution in [3.63, 3.8) is 0 Å². The van der Waals surface area contributed by atoms with Crippen LogP contribution in [-0.4, -0.2) is 22.0 Å². The quantitative estimate of drug-likeness (QED) is 0.667. The number of benzene rings is 2. The maximum atomic E-state index is 12.8. The third-order valence-corrected chi connectivity index (χ3v) is 5.52. The lowest BCUT2D eigenvalue weighted by Crippen LogP contribution is -2.24. The molecule has 0 radical (unpaired) electrons. The van der Waals surface area contributed by atoms with Crippen LogP contribution < -0.4 is 4.90 Å². The van der Waals surface area contributed by atoms with Crippen molar-refractivity contribution in [3.8, 4) is 0 Å². The normalized spacial score (nSPS) is 17.4. The molecule has 1 aliphatic rings. The molecule has 3 aromatic rings. The molecule has 0 saturated carbocycles. The van der Waals surface area contributed by atoms with E-state index in [1.807, 2.05) is 11.0 Å². The zero-order valence-electron chi connectivity index (χ0n) is 16.6. The second-order valence-electron chi connectivity index (χ2n) is 8.14. The fraction of sp³-hybridized carbons (Fsp3) is 0.391. The van der Waals surface area contributed by atoms with Gasteiger partial charge in [-0.2, -0.15) is 0 Å². The van der Waals surface area contributed by atoms with Gasteiger partial charge >= 0.3 is 0 Å². The Kier molecular flexibility index (Phi) is 4.50. The van der Waals surface area contributed by atoms with Crippen LogP contribution in [0.1, 0.15) is 43.1 Å². The molecule has 0 spiro atoms. The fourth-order valence-electron chi connectivity index (χ4n) is 3.99. The topological polar surface area (TPSA) is 38.1 Å². The Bertz CT molecular complexity index is 1000. The summed E-state index contributed by atoms with van der Waals surface area (Å²) in [6.07, 6.45) is 0.522. The second kappa shape index (κ2) is 6.84. The van der Waals surface area contributed by atoms with Crippen molar-refractivity contribution in [2.45, 2.75) is 46.6 Å². The van der Waals surface area contributed by atoms with Crippen LogP contribution in [0.2, 0.25) is 0 Å². The molecule has 1 amide bonds. The Morgan fingerprint density at radius 1 is 1.11 bits per heavy atom. The number of amides is 1. The fourth-order valence-corrected chi connectivity index (χ4v) is 3.99. The first-order valence-electron chi connectivity index (χ1n) is 9.77. The van der Waals surface area contributed by atoms with E-state index in [4.69, 9.17) is 4.98 Å². The summed E-state index contributed by atoms with van der Waals surface area (Å²) in [6, 6.07) is 14.6. The summed E-state index contributed by atoms with van der Waals surface area (Å²) in [5.41, 5.74) is 5.65. The van der Waals surface area contributed by atoms with Crippen LogP contribution in [0.5, 0.6) is 0 Å². The third-order valence-electron chi connectivity index (χ3n) is 5.52. The molecule has 4 heteroatoms. The van der Waals surface area contributed by atoms with E-state index in [-0.39, 0.29) is 11.8 Å². The second-order valence-corrected chi connectivity index (χ2v) is 8.14. The first kappa shape index (κ1) is 17.8. The van der Waals surface area contributed by atoms with E-state index in [0.29, 0.717) is 18.9 Å². The molecule has 140 valence electrons. The van der Waals surface area contributed by atoms with Crippen LogP contribution in [-0.2, 0) is 11.3 Å². The summed E-state index contributed by atoms with van der Waals surface area (Å²) in [7, 11) is 0. The SMILES string of the molecule is Cc1ccc(N2C[C@@H](c3nc4ccccc4n3CC(C)C)CC2=O)cc1C. The number of nitrogens with zero attached hydrogens (tertiary/aromatic N) is 3. The molecule has 2 aromatic carbocycles. The van der Waals surface area contributed by atoms with E-state index in [2.05, 4.69) is 68.7 Å². The summed E-state index contributed by atoms with van der Waals surface area (Å²) in [6.45, 7) is 10.3. The molecule has 1 atom stereocenters. The number of rotatable bonds is 4. The molecule has 1 aromatic heterocycles. The molecule has 1 aliphatic heterocycles. The van der Waals surface area contributed by atoms with Crippen LogP contribution >= 0.6 is 0 Å². The summed E-state index contributed by atoms with van der Waals surface area (Å²) >= 11 is 0. The van der Waals surface area contributed by atoms with Gasteiger partial charge in [0.1, 0.15) is 5.82 Å². The Morgan fingerprint density at radius 3 is 2.63 bits per heavy atom. The van der Waals surface area contributed by atoms with Gasteiger partial charge in [-0.05, 0) is 55.2 Å². The maximum Gasteiger partial charge on any atom is 0.227 e. The van der Waals surface area contributed by atoms with Crippen LogP contribution in [0.3, 0.4) is 0 Å². The molecule has 1 fully saturated rings. The molecule has 4 rings (SSSR count). The minimum atomic E-state index is 0.130. The highest BCUT2D eigenvalue weighted by Crippen LogP contribution is 2.34. The van der Waals surface area contributed by atoms with E-state index in [1.165, 1.54) is 16.6 Å². The molecular weight excluding hydrogens is 334 g/mol. The van der Waals surface area contributed by atoms with Gasteiger partial charge < -0.3 is 9.47 Å². The molecule has 0 N–H and O–H groups in total. The number of imidazole rings is 1. The number of carbonyl (C=O) groups is 1. The van der Waals surface area contributed by atoms with Crippen LogP contribution in [0, 0.1) is 19.8 Å². The largest absolute Gasteiger partial charge is 0.327 e.